The minimum Gasteiger partial charge on any atom is -0.480 e. The molecule has 1 rings (SSSR count). The lowest BCUT2D eigenvalue weighted by Crippen LogP contribution is -2.02. The lowest BCUT2D eigenvalue weighted by atomic mass is 10.5. The second kappa shape index (κ2) is 2.47. The smallest absolute Gasteiger partial charge is 0.243 e. The van der Waals surface area contributed by atoms with Crippen molar-refractivity contribution in [3.05, 3.63) is 5.69 Å². The van der Waals surface area contributed by atoms with E-state index in [-0.39, 0.29) is 5.95 Å². The van der Waals surface area contributed by atoms with E-state index in [4.69, 9.17) is 10.5 Å². The van der Waals surface area contributed by atoms with E-state index >= 15 is 0 Å². The number of nitrogens with two attached hydrogens (primary N) is 1. The highest BCUT2D eigenvalue weighted by Gasteiger charge is 2.00. The zero-order valence-corrected chi connectivity index (χ0v) is 5.83. The van der Waals surface area contributed by atoms with Gasteiger partial charge in [-0.3, -0.25) is 0 Å². The number of ether oxygens (including phenoxy) is 1. The molecule has 10 heavy (non-hydrogen) atoms. The van der Waals surface area contributed by atoms with E-state index in [2.05, 4.69) is 15.2 Å². The van der Waals surface area contributed by atoms with Gasteiger partial charge in [0, 0.05) is 0 Å². The molecule has 0 aliphatic carbocycles. The Kier molecular flexibility index (Phi) is 1.66. The molecular weight excluding hydrogens is 132 g/mol. The first-order chi connectivity index (χ1) is 4.74. The molecule has 5 heteroatoms. The van der Waals surface area contributed by atoms with Crippen LogP contribution in [0.1, 0.15) is 5.69 Å². The number of nitrogen functional groups attached to an aromatic ring is 1. The van der Waals surface area contributed by atoms with Crippen molar-refractivity contribution in [1.82, 2.24) is 15.2 Å². The molecule has 0 radical (unpaired) electrons. The number of methoxy groups -OCH3 is 1. The van der Waals surface area contributed by atoms with E-state index in [1.807, 2.05) is 0 Å². The number of hydrogen-bond donors (Lipinski definition) is 1. The van der Waals surface area contributed by atoms with Gasteiger partial charge in [-0.25, -0.2) is 0 Å². The van der Waals surface area contributed by atoms with Crippen LogP contribution in [-0.4, -0.2) is 22.3 Å². The molecule has 0 amide bonds. The minimum atomic E-state index is 0.127. The number of aromatic nitrogens is 3. The average molecular weight is 140 g/mol. The first kappa shape index (κ1) is 6.73. The van der Waals surface area contributed by atoms with Gasteiger partial charge < -0.3 is 10.5 Å². The second-order valence-corrected chi connectivity index (χ2v) is 1.76. The average Bonchev–Trinajstić information content (AvgIpc) is 1.94. The van der Waals surface area contributed by atoms with Crippen LogP contribution < -0.4 is 10.5 Å². The molecule has 1 aromatic heterocycles. The van der Waals surface area contributed by atoms with Crippen LogP contribution in [0.5, 0.6) is 5.88 Å². The molecule has 1 aromatic rings. The van der Waals surface area contributed by atoms with Gasteiger partial charge in [-0.05, 0) is 6.92 Å². The molecule has 2 N–H and O–H groups in total. The molecule has 0 aliphatic rings. The Labute approximate surface area is 58.2 Å². The van der Waals surface area contributed by atoms with E-state index in [0.717, 1.165) is 0 Å². The SMILES string of the molecule is COc1nc(N)nnc1C. The Hall–Kier alpha value is -1.39. The van der Waals surface area contributed by atoms with Gasteiger partial charge in [0.25, 0.3) is 0 Å². The quantitative estimate of drug-likeness (QED) is 0.583. The van der Waals surface area contributed by atoms with E-state index in [1.165, 1.54) is 7.11 Å². The summed E-state index contributed by atoms with van der Waals surface area (Å²) in [6.45, 7) is 1.75. The van der Waals surface area contributed by atoms with Crippen molar-refractivity contribution in [2.24, 2.45) is 0 Å². The summed E-state index contributed by atoms with van der Waals surface area (Å²) >= 11 is 0. The number of hydrogen-bond acceptors (Lipinski definition) is 5. The molecule has 0 fully saturated rings. The Morgan fingerprint density at radius 1 is 1.40 bits per heavy atom. The van der Waals surface area contributed by atoms with E-state index in [0.29, 0.717) is 11.6 Å². The number of nitrogens with zero attached hydrogens (tertiary/aromatic N) is 3. The van der Waals surface area contributed by atoms with Crippen LogP contribution in [0.2, 0.25) is 0 Å². The standard InChI is InChI=1S/C5H8N4O/c1-3-4(10-2)7-5(6)9-8-3/h1-2H3,(H2,6,7,9). The molecule has 0 spiro atoms. The van der Waals surface area contributed by atoms with Crippen LogP contribution in [0.15, 0.2) is 0 Å². The summed E-state index contributed by atoms with van der Waals surface area (Å²) in [5, 5.41) is 7.21. The summed E-state index contributed by atoms with van der Waals surface area (Å²) in [6.07, 6.45) is 0. The van der Waals surface area contributed by atoms with Crippen molar-refractivity contribution in [1.29, 1.82) is 0 Å². The third kappa shape index (κ3) is 1.12. The lowest BCUT2D eigenvalue weighted by molar-refractivity contribution is 0.390. The highest BCUT2D eigenvalue weighted by Crippen LogP contribution is 2.08. The Morgan fingerprint density at radius 3 is 2.60 bits per heavy atom. The van der Waals surface area contributed by atoms with E-state index < -0.39 is 0 Å². The predicted molar refractivity (Wildman–Crippen MR) is 35.5 cm³/mol. The highest BCUT2D eigenvalue weighted by molar-refractivity contribution is 5.22. The molecule has 0 aliphatic heterocycles. The summed E-state index contributed by atoms with van der Waals surface area (Å²) in [7, 11) is 1.51. The molecule has 0 unspecified atom stereocenters. The normalized spacial score (nSPS) is 9.40. The van der Waals surface area contributed by atoms with Crippen LogP contribution in [0.3, 0.4) is 0 Å². The summed E-state index contributed by atoms with van der Waals surface area (Å²) < 4.78 is 4.83. The van der Waals surface area contributed by atoms with Crippen LogP contribution in [-0.2, 0) is 0 Å². The molecule has 0 aromatic carbocycles. The molecule has 0 atom stereocenters. The Balaban J connectivity index is 3.09. The van der Waals surface area contributed by atoms with Gasteiger partial charge in [-0.15, -0.1) is 10.2 Å². The molecule has 0 bridgehead atoms. The highest BCUT2D eigenvalue weighted by atomic mass is 16.5. The van der Waals surface area contributed by atoms with Gasteiger partial charge in [0.1, 0.15) is 5.69 Å². The van der Waals surface area contributed by atoms with Crippen LogP contribution in [0.25, 0.3) is 0 Å². The van der Waals surface area contributed by atoms with Gasteiger partial charge in [-0.1, -0.05) is 0 Å². The first-order valence-electron chi connectivity index (χ1n) is 2.75. The summed E-state index contributed by atoms with van der Waals surface area (Å²) in [6, 6.07) is 0. The van der Waals surface area contributed by atoms with Crippen molar-refractivity contribution >= 4 is 5.95 Å². The monoisotopic (exact) mass is 140 g/mol. The van der Waals surface area contributed by atoms with Crippen LogP contribution >= 0.6 is 0 Å². The number of aryl methyl sites for hydroxylation is 1. The van der Waals surface area contributed by atoms with Gasteiger partial charge in [0.05, 0.1) is 7.11 Å². The zero-order valence-electron chi connectivity index (χ0n) is 5.83. The third-order valence-corrected chi connectivity index (χ3v) is 1.02. The van der Waals surface area contributed by atoms with Gasteiger partial charge >= 0.3 is 0 Å². The summed E-state index contributed by atoms with van der Waals surface area (Å²) in [5.74, 6) is 0.551. The maximum Gasteiger partial charge on any atom is 0.243 e. The maximum atomic E-state index is 5.24. The fraction of sp³-hybridized carbons (Fsp3) is 0.400. The van der Waals surface area contributed by atoms with Crippen LogP contribution in [0.4, 0.5) is 5.95 Å². The zero-order chi connectivity index (χ0) is 7.56. The predicted octanol–water partition coefficient (Wildman–Crippen LogP) is -0.229. The Bertz CT molecular complexity index is 237. The van der Waals surface area contributed by atoms with Crippen molar-refractivity contribution in [3.63, 3.8) is 0 Å². The molecule has 0 saturated heterocycles. The Morgan fingerprint density at radius 2 is 2.10 bits per heavy atom. The van der Waals surface area contributed by atoms with Crippen molar-refractivity contribution < 1.29 is 4.74 Å². The molecule has 54 valence electrons. The number of anilines is 1. The maximum absolute atomic E-state index is 5.24. The summed E-state index contributed by atoms with van der Waals surface area (Å²) in [5.41, 5.74) is 5.87. The second-order valence-electron chi connectivity index (χ2n) is 1.76. The van der Waals surface area contributed by atoms with Crippen molar-refractivity contribution in [2.45, 2.75) is 6.92 Å². The summed E-state index contributed by atoms with van der Waals surface area (Å²) in [4.78, 5) is 3.77. The minimum absolute atomic E-state index is 0.127. The lowest BCUT2D eigenvalue weighted by Gasteiger charge is -1.99. The largest absolute Gasteiger partial charge is 0.480 e. The number of rotatable bonds is 1. The van der Waals surface area contributed by atoms with Gasteiger partial charge in [0.2, 0.25) is 11.8 Å². The first-order valence-corrected chi connectivity index (χ1v) is 2.75. The van der Waals surface area contributed by atoms with Crippen LogP contribution in [0, 0.1) is 6.92 Å². The molecule has 1 heterocycles. The van der Waals surface area contributed by atoms with Gasteiger partial charge in [0.15, 0.2) is 0 Å². The topological polar surface area (TPSA) is 73.9 Å². The van der Waals surface area contributed by atoms with Crippen molar-refractivity contribution in [2.75, 3.05) is 12.8 Å². The van der Waals surface area contributed by atoms with E-state index in [1.54, 1.807) is 6.92 Å². The van der Waals surface area contributed by atoms with Crippen molar-refractivity contribution in [3.8, 4) is 5.88 Å². The molecular formula is C5H8N4O. The van der Waals surface area contributed by atoms with Gasteiger partial charge in [-0.2, -0.15) is 4.98 Å². The molecule has 5 nitrogen and oxygen atoms in total. The third-order valence-electron chi connectivity index (χ3n) is 1.02. The fourth-order valence-electron chi connectivity index (χ4n) is 0.570. The van der Waals surface area contributed by atoms with E-state index in [9.17, 15) is 0 Å². The molecule has 0 saturated carbocycles. The fourth-order valence-corrected chi connectivity index (χ4v) is 0.570.